The van der Waals surface area contributed by atoms with E-state index in [1.54, 1.807) is 12.3 Å². The zero-order chi connectivity index (χ0) is 7.68. The number of rotatable bonds is 0. The zero-order valence-corrected chi connectivity index (χ0v) is 6.59. The van der Waals surface area contributed by atoms with Gasteiger partial charge in [-0.1, -0.05) is 6.08 Å². The van der Waals surface area contributed by atoms with Gasteiger partial charge in [0.15, 0.2) is 6.30 Å². The van der Waals surface area contributed by atoms with Gasteiger partial charge in [-0.25, -0.2) is 4.39 Å². The van der Waals surface area contributed by atoms with Crippen LogP contribution >= 0.6 is 11.9 Å². The standard InChI is InChI=1S/C7H7FN2S/c8-6-5-11-9-7-3-1-2-4-10(6)7/h1-4,6H,5H2. The quantitative estimate of drug-likeness (QED) is 0.406. The normalized spacial score (nSPS) is 28.3. The van der Waals surface area contributed by atoms with Crippen molar-refractivity contribution < 1.29 is 4.39 Å². The molecule has 2 aliphatic heterocycles. The second kappa shape index (κ2) is 2.70. The van der Waals surface area contributed by atoms with E-state index in [4.69, 9.17) is 0 Å². The van der Waals surface area contributed by atoms with E-state index in [1.807, 2.05) is 12.2 Å². The van der Waals surface area contributed by atoms with E-state index < -0.39 is 6.30 Å². The van der Waals surface area contributed by atoms with Crippen LogP contribution in [-0.2, 0) is 0 Å². The van der Waals surface area contributed by atoms with Crippen LogP contribution in [0.1, 0.15) is 0 Å². The minimum Gasteiger partial charge on any atom is -0.301 e. The van der Waals surface area contributed by atoms with Crippen molar-refractivity contribution in [2.45, 2.75) is 6.30 Å². The number of hydrogen-bond acceptors (Lipinski definition) is 3. The van der Waals surface area contributed by atoms with E-state index in [1.165, 1.54) is 16.8 Å². The van der Waals surface area contributed by atoms with Gasteiger partial charge in [0.25, 0.3) is 0 Å². The van der Waals surface area contributed by atoms with E-state index >= 15 is 0 Å². The van der Waals surface area contributed by atoms with Gasteiger partial charge in [0, 0.05) is 6.20 Å². The lowest BCUT2D eigenvalue weighted by Crippen LogP contribution is -2.36. The molecule has 0 aromatic rings. The second-order valence-electron chi connectivity index (χ2n) is 2.29. The highest BCUT2D eigenvalue weighted by Crippen LogP contribution is 2.21. The van der Waals surface area contributed by atoms with Crippen molar-refractivity contribution in [3.05, 3.63) is 24.4 Å². The summed E-state index contributed by atoms with van der Waals surface area (Å²) in [5, 5.41) is 0. The summed E-state index contributed by atoms with van der Waals surface area (Å²) in [5.41, 5.74) is 0. The van der Waals surface area contributed by atoms with Gasteiger partial charge < -0.3 is 4.90 Å². The van der Waals surface area contributed by atoms with Crippen LogP contribution in [0.3, 0.4) is 0 Å². The van der Waals surface area contributed by atoms with Gasteiger partial charge in [0.2, 0.25) is 0 Å². The molecular formula is C7H7FN2S. The maximum absolute atomic E-state index is 13.1. The van der Waals surface area contributed by atoms with Gasteiger partial charge in [-0.2, -0.15) is 4.40 Å². The van der Waals surface area contributed by atoms with Crippen molar-refractivity contribution in [2.24, 2.45) is 4.40 Å². The Kier molecular flexibility index (Phi) is 1.69. The summed E-state index contributed by atoms with van der Waals surface area (Å²) in [4.78, 5) is 1.54. The lowest BCUT2D eigenvalue weighted by Gasteiger charge is -2.28. The molecule has 1 unspecified atom stereocenters. The Balaban J connectivity index is 2.29. The molecule has 0 aromatic carbocycles. The van der Waals surface area contributed by atoms with Crippen molar-refractivity contribution in [1.82, 2.24) is 4.90 Å². The molecule has 0 radical (unpaired) electrons. The molecule has 2 rings (SSSR count). The van der Waals surface area contributed by atoms with Crippen LogP contribution in [0.4, 0.5) is 4.39 Å². The van der Waals surface area contributed by atoms with Crippen LogP contribution in [0.25, 0.3) is 0 Å². The first kappa shape index (κ1) is 6.91. The largest absolute Gasteiger partial charge is 0.301 e. The summed E-state index contributed by atoms with van der Waals surface area (Å²) in [5.74, 6) is 1.12. The number of nitrogens with zero attached hydrogens (tertiary/aromatic N) is 2. The molecule has 0 aliphatic carbocycles. The summed E-state index contributed by atoms with van der Waals surface area (Å²) >= 11 is 1.27. The zero-order valence-electron chi connectivity index (χ0n) is 5.77. The third-order valence-corrected chi connectivity index (χ3v) is 2.28. The Labute approximate surface area is 68.6 Å². The molecule has 1 atom stereocenters. The van der Waals surface area contributed by atoms with Crippen molar-refractivity contribution in [3.63, 3.8) is 0 Å². The summed E-state index contributed by atoms with van der Waals surface area (Å²) in [7, 11) is 0. The highest BCUT2D eigenvalue weighted by molar-refractivity contribution is 7.98. The summed E-state index contributed by atoms with van der Waals surface area (Å²) in [6, 6.07) is 0. The highest BCUT2D eigenvalue weighted by Gasteiger charge is 2.22. The monoisotopic (exact) mass is 170 g/mol. The number of alkyl halides is 1. The Morgan fingerprint density at radius 3 is 3.36 bits per heavy atom. The summed E-state index contributed by atoms with van der Waals surface area (Å²) in [6.07, 6.45) is 6.26. The predicted octanol–water partition coefficient (Wildman–Crippen LogP) is 1.73. The van der Waals surface area contributed by atoms with E-state index in [2.05, 4.69) is 4.40 Å². The molecular weight excluding hydrogens is 163 g/mol. The van der Waals surface area contributed by atoms with Crippen molar-refractivity contribution in [3.8, 4) is 0 Å². The smallest absolute Gasteiger partial charge is 0.188 e. The summed E-state index contributed by atoms with van der Waals surface area (Å²) < 4.78 is 17.1. The molecule has 2 heterocycles. The van der Waals surface area contributed by atoms with Gasteiger partial charge in [-0.15, -0.1) is 0 Å². The number of allylic oxidation sites excluding steroid dienone is 2. The SMILES string of the molecule is FC1CSN=C2C=CC=CN21. The molecule has 58 valence electrons. The van der Waals surface area contributed by atoms with Gasteiger partial charge >= 0.3 is 0 Å². The molecule has 11 heavy (non-hydrogen) atoms. The fourth-order valence-corrected chi connectivity index (χ4v) is 1.65. The van der Waals surface area contributed by atoms with Crippen LogP contribution in [0.15, 0.2) is 28.8 Å². The Morgan fingerprint density at radius 2 is 2.55 bits per heavy atom. The third-order valence-electron chi connectivity index (χ3n) is 1.54. The lowest BCUT2D eigenvalue weighted by molar-refractivity contribution is 0.225. The lowest BCUT2D eigenvalue weighted by atomic mass is 10.3. The first-order chi connectivity index (χ1) is 5.38. The minimum absolute atomic E-state index is 0.418. The number of halogens is 1. The minimum atomic E-state index is -0.923. The molecule has 0 bridgehead atoms. The van der Waals surface area contributed by atoms with Crippen molar-refractivity contribution in [1.29, 1.82) is 0 Å². The first-order valence-corrected chi connectivity index (χ1v) is 4.29. The van der Waals surface area contributed by atoms with Crippen LogP contribution in [0.2, 0.25) is 0 Å². The molecule has 4 heteroatoms. The highest BCUT2D eigenvalue weighted by atomic mass is 32.2. The number of hydrogen-bond donors (Lipinski definition) is 0. The number of amidine groups is 1. The molecule has 0 amide bonds. The fraction of sp³-hybridized carbons (Fsp3) is 0.286. The second-order valence-corrected chi connectivity index (χ2v) is 3.06. The van der Waals surface area contributed by atoms with E-state index in [0.29, 0.717) is 11.6 Å². The van der Waals surface area contributed by atoms with Crippen LogP contribution in [0.5, 0.6) is 0 Å². The molecule has 2 nitrogen and oxygen atoms in total. The van der Waals surface area contributed by atoms with Crippen molar-refractivity contribution >= 4 is 17.8 Å². The van der Waals surface area contributed by atoms with Gasteiger partial charge in [0.05, 0.1) is 5.75 Å². The average Bonchev–Trinajstić information content (AvgIpc) is 2.06. The van der Waals surface area contributed by atoms with Gasteiger partial charge in [0.1, 0.15) is 5.84 Å². The molecule has 0 saturated heterocycles. The predicted molar refractivity (Wildman–Crippen MR) is 44.9 cm³/mol. The number of fused-ring (bicyclic) bond motifs is 1. The molecule has 0 aromatic heterocycles. The van der Waals surface area contributed by atoms with Crippen molar-refractivity contribution in [2.75, 3.05) is 5.75 Å². The Morgan fingerprint density at radius 1 is 1.64 bits per heavy atom. The third kappa shape index (κ3) is 1.18. The Hall–Kier alpha value is -0.770. The maximum Gasteiger partial charge on any atom is 0.188 e. The fourth-order valence-electron chi connectivity index (χ4n) is 1.01. The van der Waals surface area contributed by atoms with E-state index in [9.17, 15) is 4.39 Å². The molecule has 0 saturated carbocycles. The van der Waals surface area contributed by atoms with Crippen LogP contribution < -0.4 is 0 Å². The van der Waals surface area contributed by atoms with Crippen LogP contribution in [-0.4, -0.2) is 22.8 Å². The first-order valence-electron chi connectivity index (χ1n) is 3.35. The molecule has 0 N–H and O–H groups in total. The van der Waals surface area contributed by atoms with E-state index in [0.717, 1.165) is 0 Å². The molecule has 2 aliphatic rings. The van der Waals surface area contributed by atoms with Crippen LogP contribution in [0, 0.1) is 0 Å². The molecule has 0 fully saturated rings. The topological polar surface area (TPSA) is 15.6 Å². The van der Waals surface area contributed by atoms with Gasteiger partial charge in [-0.3, -0.25) is 0 Å². The molecule has 0 spiro atoms. The summed E-state index contributed by atoms with van der Waals surface area (Å²) in [6.45, 7) is 0. The van der Waals surface area contributed by atoms with Gasteiger partial charge in [-0.05, 0) is 24.1 Å². The maximum atomic E-state index is 13.1. The average molecular weight is 170 g/mol. The Bertz CT molecular complexity index is 247. The van der Waals surface area contributed by atoms with E-state index in [-0.39, 0.29) is 0 Å².